The lowest BCUT2D eigenvalue weighted by Crippen LogP contribution is -2.25. The molecule has 0 fully saturated rings. The minimum Gasteiger partial charge on any atom is -0.291 e. The van der Waals surface area contributed by atoms with Gasteiger partial charge in [0.25, 0.3) is 0 Å². The molecule has 0 aliphatic heterocycles. The summed E-state index contributed by atoms with van der Waals surface area (Å²) >= 11 is 5.88. The fraction of sp³-hybridized carbons (Fsp3) is 0.222. The highest BCUT2D eigenvalue weighted by Crippen LogP contribution is 2.12. The zero-order chi connectivity index (χ0) is 14.2. The molecule has 2 aromatic rings. The van der Waals surface area contributed by atoms with Crippen molar-refractivity contribution in [2.24, 2.45) is 0 Å². The average molecular weight is 286 g/mol. The van der Waals surface area contributed by atoms with Crippen LogP contribution in [0.5, 0.6) is 0 Å². The van der Waals surface area contributed by atoms with Crippen molar-refractivity contribution < 1.29 is 0 Å². The monoisotopic (exact) mass is 285 g/mol. The van der Waals surface area contributed by atoms with Gasteiger partial charge in [-0.25, -0.2) is 0 Å². The highest BCUT2D eigenvalue weighted by Gasteiger charge is 2.08. The second-order valence-electron chi connectivity index (χ2n) is 5.00. The van der Waals surface area contributed by atoms with Gasteiger partial charge in [-0.3, -0.25) is 4.90 Å². The number of hydrogen-bond donors (Lipinski definition) is 0. The molecule has 1 nitrogen and oxygen atoms in total. The molecule has 0 heterocycles. The van der Waals surface area contributed by atoms with E-state index in [0.717, 1.165) is 25.2 Å². The number of halogens is 1. The molecule has 0 spiro atoms. The van der Waals surface area contributed by atoms with Gasteiger partial charge in [0.05, 0.1) is 0 Å². The lowest BCUT2D eigenvalue weighted by atomic mass is 10.1. The van der Waals surface area contributed by atoms with E-state index in [1.54, 1.807) is 0 Å². The maximum absolute atomic E-state index is 5.88. The first-order valence-corrected chi connectivity index (χ1v) is 7.34. The van der Waals surface area contributed by atoms with E-state index in [1.807, 2.05) is 12.1 Å². The molecule has 0 saturated heterocycles. The van der Waals surface area contributed by atoms with Gasteiger partial charge in [-0.05, 0) is 16.7 Å². The van der Waals surface area contributed by atoms with Gasteiger partial charge < -0.3 is 0 Å². The minimum atomic E-state index is 0.514. The van der Waals surface area contributed by atoms with Crippen LogP contribution in [0.4, 0.5) is 0 Å². The summed E-state index contributed by atoms with van der Waals surface area (Å²) in [6.45, 7) is 6.67. The number of rotatable bonds is 7. The predicted molar refractivity (Wildman–Crippen MR) is 86.9 cm³/mol. The van der Waals surface area contributed by atoms with E-state index in [-0.39, 0.29) is 0 Å². The van der Waals surface area contributed by atoms with Crippen molar-refractivity contribution in [3.63, 3.8) is 0 Å². The molecule has 2 aromatic carbocycles. The molecule has 0 saturated carbocycles. The van der Waals surface area contributed by atoms with E-state index in [0.29, 0.717) is 5.88 Å². The van der Waals surface area contributed by atoms with Crippen molar-refractivity contribution in [3.8, 4) is 0 Å². The van der Waals surface area contributed by atoms with E-state index < -0.39 is 0 Å². The molecule has 0 unspecified atom stereocenters. The summed E-state index contributed by atoms with van der Waals surface area (Å²) in [6.07, 6.45) is 0. The first kappa shape index (κ1) is 14.8. The summed E-state index contributed by atoms with van der Waals surface area (Å²) in [5.41, 5.74) is 3.68. The van der Waals surface area contributed by atoms with Crippen LogP contribution >= 0.6 is 11.6 Å². The molecule has 0 N–H and O–H groups in total. The maximum atomic E-state index is 5.88. The predicted octanol–water partition coefficient (Wildman–Crippen LogP) is 4.48. The molecule has 104 valence electrons. The third kappa shape index (κ3) is 4.84. The van der Waals surface area contributed by atoms with E-state index in [9.17, 15) is 0 Å². The van der Waals surface area contributed by atoms with Crippen molar-refractivity contribution in [3.05, 3.63) is 83.9 Å². The van der Waals surface area contributed by atoms with Gasteiger partial charge in [0.2, 0.25) is 0 Å². The van der Waals surface area contributed by atoms with Crippen LogP contribution in [0.3, 0.4) is 0 Å². The Morgan fingerprint density at radius 1 is 0.850 bits per heavy atom. The van der Waals surface area contributed by atoms with Gasteiger partial charge in [-0.1, -0.05) is 67.2 Å². The second-order valence-corrected chi connectivity index (χ2v) is 5.27. The Morgan fingerprint density at radius 3 is 1.70 bits per heavy atom. The van der Waals surface area contributed by atoms with Crippen LogP contribution in [0, 0.1) is 0 Å². The standard InChI is InChI=1S/C18H20ClN/c1-16(12-19)13-20(14-17-8-4-2-5-9-17)15-18-10-6-3-7-11-18/h2-11H,1,12-15H2. The van der Waals surface area contributed by atoms with Crippen LogP contribution in [-0.4, -0.2) is 17.3 Å². The van der Waals surface area contributed by atoms with Gasteiger partial charge in [0.1, 0.15) is 0 Å². The maximum Gasteiger partial charge on any atom is 0.0443 e. The Kier molecular flexibility index (Phi) is 5.85. The van der Waals surface area contributed by atoms with Gasteiger partial charge in [-0.2, -0.15) is 0 Å². The SMILES string of the molecule is C=C(CCl)CN(Cc1ccccc1)Cc1ccccc1. The van der Waals surface area contributed by atoms with Gasteiger partial charge >= 0.3 is 0 Å². The quantitative estimate of drug-likeness (QED) is 0.535. The molecule has 0 atom stereocenters. The molecule has 0 aromatic heterocycles. The Morgan fingerprint density at radius 2 is 1.30 bits per heavy atom. The summed E-state index contributed by atoms with van der Waals surface area (Å²) < 4.78 is 0. The highest BCUT2D eigenvalue weighted by atomic mass is 35.5. The topological polar surface area (TPSA) is 3.24 Å². The first-order valence-electron chi connectivity index (χ1n) is 6.81. The highest BCUT2D eigenvalue weighted by molar-refractivity contribution is 6.19. The Balaban J connectivity index is 2.06. The van der Waals surface area contributed by atoms with Crippen LogP contribution < -0.4 is 0 Å². The number of alkyl halides is 1. The van der Waals surface area contributed by atoms with E-state index in [4.69, 9.17) is 11.6 Å². The molecule has 0 bridgehead atoms. The van der Waals surface area contributed by atoms with Crippen molar-refractivity contribution in [2.75, 3.05) is 12.4 Å². The smallest absolute Gasteiger partial charge is 0.0443 e. The van der Waals surface area contributed by atoms with Crippen molar-refractivity contribution in [2.45, 2.75) is 13.1 Å². The summed E-state index contributed by atoms with van der Waals surface area (Å²) in [7, 11) is 0. The number of benzene rings is 2. The van der Waals surface area contributed by atoms with Crippen LogP contribution in [0.15, 0.2) is 72.8 Å². The fourth-order valence-corrected chi connectivity index (χ4v) is 2.29. The third-order valence-corrected chi connectivity index (χ3v) is 3.51. The summed E-state index contributed by atoms with van der Waals surface area (Å²) in [5, 5.41) is 0. The minimum absolute atomic E-state index is 0.514. The summed E-state index contributed by atoms with van der Waals surface area (Å²) in [6, 6.07) is 21.0. The second kappa shape index (κ2) is 7.88. The van der Waals surface area contributed by atoms with Gasteiger partial charge in [-0.15, -0.1) is 11.6 Å². The Labute approximate surface area is 126 Å². The van der Waals surface area contributed by atoms with Crippen molar-refractivity contribution in [1.29, 1.82) is 0 Å². The first-order chi connectivity index (χ1) is 9.78. The molecular weight excluding hydrogens is 266 g/mol. The van der Waals surface area contributed by atoms with Crippen molar-refractivity contribution in [1.82, 2.24) is 4.90 Å². The number of hydrogen-bond acceptors (Lipinski definition) is 1. The normalized spacial score (nSPS) is 10.7. The van der Waals surface area contributed by atoms with Crippen LogP contribution in [0.25, 0.3) is 0 Å². The van der Waals surface area contributed by atoms with Crippen LogP contribution in [-0.2, 0) is 13.1 Å². The number of nitrogens with zero attached hydrogens (tertiary/aromatic N) is 1. The molecule has 2 rings (SSSR count). The average Bonchev–Trinajstić information content (AvgIpc) is 2.49. The van der Waals surface area contributed by atoms with E-state index in [2.05, 4.69) is 60.0 Å². The van der Waals surface area contributed by atoms with E-state index in [1.165, 1.54) is 11.1 Å². The van der Waals surface area contributed by atoms with Gasteiger partial charge in [0.15, 0.2) is 0 Å². The largest absolute Gasteiger partial charge is 0.291 e. The van der Waals surface area contributed by atoms with Gasteiger partial charge in [0, 0.05) is 25.5 Å². The molecule has 20 heavy (non-hydrogen) atoms. The summed E-state index contributed by atoms with van der Waals surface area (Å²) in [5.74, 6) is 0.514. The van der Waals surface area contributed by atoms with Crippen LogP contribution in [0.2, 0.25) is 0 Å². The zero-order valence-electron chi connectivity index (χ0n) is 11.6. The molecule has 0 aliphatic carbocycles. The van der Waals surface area contributed by atoms with Crippen molar-refractivity contribution >= 4 is 11.6 Å². The molecule has 0 aliphatic rings. The Bertz CT molecular complexity index is 480. The zero-order valence-corrected chi connectivity index (χ0v) is 12.4. The third-order valence-electron chi connectivity index (χ3n) is 3.13. The fourth-order valence-electron chi connectivity index (χ4n) is 2.21. The Hall–Kier alpha value is -1.57. The van der Waals surface area contributed by atoms with Crippen LogP contribution in [0.1, 0.15) is 11.1 Å². The molecule has 0 radical (unpaired) electrons. The molecule has 0 amide bonds. The lowest BCUT2D eigenvalue weighted by molar-refractivity contribution is 0.280. The lowest BCUT2D eigenvalue weighted by Gasteiger charge is -2.23. The summed E-state index contributed by atoms with van der Waals surface area (Å²) in [4.78, 5) is 2.37. The molecular formula is C18H20ClN. The van der Waals surface area contributed by atoms with E-state index >= 15 is 0 Å². The molecule has 2 heteroatoms.